The van der Waals surface area contributed by atoms with Gasteiger partial charge in [-0.3, -0.25) is 14.2 Å². The lowest BCUT2D eigenvalue weighted by Crippen LogP contribution is -2.55. The van der Waals surface area contributed by atoms with Crippen LogP contribution in [0.2, 0.25) is 0 Å². The van der Waals surface area contributed by atoms with Crippen molar-refractivity contribution < 1.29 is 14.0 Å². The summed E-state index contributed by atoms with van der Waals surface area (Å²) >= 11 is 0. The molecule has 168 valence electrons. The molecule has 5 rings (SSSR count). The molecule has 2 aromatic carbocycles. The molecule has 1 aliphatic rings. The number of carbonyl (C=O) groups is 2. The molecule has 6 nitrogen and oxygen atoms in total. The van der Waals surface area contributed by atoms with Crippen molar-refractivity contribution >= 4 is 22.9 Å². The van der Waals surface area contributed by atoms with Crippen molar-refractivity contribution in [3.8, 4) is 0 Å². The largest absolute Gasteiger partial charge is 0.448 e. The topological polar surface area (TPSA) is 58.7 Å². The standard InChI is InChI=1S/C27H27N3O3/c1-19-18-28(14-15-29(19)25(31)22-11-7-4-8-12-22)26(32)24-17-23-13-16-33-27(23)30(24)20(2)21-9-5-3-6-10-21/h3-13,16-17,19-20H,14-15,18H2,1-2H3/t19-,20-/m0/s1. The quantitative estimate of drug-likeness (QED) is 0.456. The first kappa shape index (κ1) is 21.1. The van der Waals surface area contributed by atoms with Gasteiger partial charge in [-0.15, -0.1) is 0 Å². The van der Waals surface area contributed by atoms with Crippen LogP contribution in [0, 0.1) is 0 Å². The molecular weight excluding hydrogens is 414 g/mol. The number of rotatable bonds is 4. The maximum absolute atomic E-state index is 13.7. The highest BCUT2D eigenvalue weighted by molar-refractivity contribution is 5.98. The van der Waals surface area contributed by atoms with Crippen LogP contribution in [0.15, 0.2) is 83.5 Å². The van der Waals surface area contributed by atoms with E-state index in [0.717, 1.165) is 10.9 Å². The Bertz CT molecular complexity index is 1280. The number of aromatic nitrogens is 1. The van der Waals surface area contributed by atoms with Crippen molar-refractivity contribution in [3.63, 3.8) is 0 Å². The predicted molar refractivity (Wildman–Crippen MR) is 127 cm³/mol. The summed E-state index contributed by atoms with van der Waals surface area (Å²) in [6, 6.07) is 23.1. The number of amides is 2. The number of carbonyl (C=O) groups excluding carboxylic acids is 2. The Balaban J connectivity index is 1.40. The first-order valence-electron chi connectivity index (χ1n) is 11.3. The third-order valence-corrected chi connectivity index (χ3v) is 6.53. The lowest BCUT2D eigenvalue weighted by atomic mass is 10.1. The smallest absolute Gasteiger partial charge is 0.270 e. The van der Waals surface area contributed by atoms with E-state index in [1.165, 1.54) is 0 Å². The van der Waals surface area contributed by atoms with Gasteiger partial charge in [-0.2, -0.15) is 0 Å². The van der Waals surface area contributed by atoms with Crippen LogP contribution in [-0.4, -0.2) is 51.9 Å². The maximum atomic E-state index is 13.7. The summed E-state index contributed by atoms with van der Waals surface area (Å²) < 4.78 is 7.75. The van der Waals surface area contributed by atoms with E-state index >= 15 is 0 Å². The van der Waals surface area contributed by atoms with Crippen molar-refractivity contribution in [2.75, 3.05) is 19.6 Å². The molecule has 0 unspecified atom stereocenters. The van der Waals surface area contributed by atoms with Crippen LogP contribution >= 0.6 is 0 Å². The summed E-state index contributed by atoms with van der Waals surface area (Å²) in [5, 5.41) is 0.909. The Morgan fingerprint density at radius 1 is 0.939 bits per heavy atom. The van der Waals surface area contributed by atoms with Crippen molar-refractivity contribution in [2.45, 2.75) is 25.9 Å². The first-order chi connectivity index (χ1) is 16.0. The summed E-state index contributed by atoms with van der Waals surface area (Å²) in [6.45, 7) is 5.56. The molecular formula is C27H27N3O3. The van der Waals surface area contributed by atoms with Crippen molar-refractivity contribution in [1.82, 2.24) is 14.4 Å². The lowest BCUT2D eigenvalue weighted by Gasteiger charge is -2.40. The second-order valence-corrected chi connectivity index (χ2v) is 8.63. The van der Waals surface area contributed by atoms with Gasteiger partial charge in [0.15, 0.2) is 0 Å². The zero-order valence-electron chi connectivity index (χ0n) is 18.8. The van der Waals surface area contributed by atoms with Crippen LogP contribution in [0.1, 0.15) is 46.3 Å². The zero-order chi connectivity index (χ0) is 22.9. The fourth-order valence-electron chi connectivity index (χ4n) is 4.73. The van der Waals surface area contributed by atoms with E-state index in [9.17, 15) is 9.59 Å². The van der Waals surface area contributed by atoms with E-state index in [4.69, 9.17) is 4.42 Å². The van der Waals surface area contributed by atoms with Gasteiger partial charge in [-0.25, -0.2) is 0 Å². The fraction of sp³-hybridized carbons (Fsp3) is 0.259. The third kappa shape index (κ3) is 3.82. The average Bonchev–Trinajstić information content (AvgIpc) is 3.45. The minimum atomic E-state index is -0.0756. The molecule has 0 saturated carbocycles. The molecule has 3 heterocycles. The summed E-state index contributed by atoms with van der Waals surface area (Å²) in [5.74, 6) is -0.0309. The summed E-state index contributed by atoms with van der Waals surface area (Å²) in [5.41, 5.74) is 3.08. The Kier molecular flexibility index (Phi) is 5.50. The highest BCUT2D eigenvalue weighted by atomic mass is 16.3. The Hall–Kier alpha value is -3.80. The van der Waals surface area contributed by atoms with Crippen molar-refractivity contribution in [1.29, 1.82) is 0 Å². The van der Waals surface area contributed by atoms with Gasteiger partial charge < -0.3 is 14.2 Å². The van der Waals surface area contributed by atoms with Crippen LogP contribution in [0.4, 0.5) is 0 Å². The van der Waals surface area contributed by atoms with E-state index < -0.39 is 0 Å². The first-order valence-corrected chi connectivity index (χ1v) is 11.3. The second-order valence-electron chi connectivity index (χ2n) is 8.63. The molecule has 0 bridgehead atoms. The molecule has 0 radical (unpaired) electrons. The number of furan rings is 1. The van der Waals surface area contributed by atoms with Crippen LogP contribution in [0.25, 0.3) is 11.1 Å². The van der Waals surface area contributed by atoms with Crippen LogP contribution in [-0.2, 0) is 0 Å². The molecule has 33 heavy (non-hydrogen) atoms. The Morgan fingerprint density at radius 2 is 1.64 bits per heavy atom. The molecule has 2 aromatic heterocycles. The Labute approximate surface area is 193 Å². The van der Waals surface area contributed by atoms with Gasteiger partial charge in [-0.1, -0.05) is 48.5 Å². The number of piperazine rings is 1. The number of fused-ring (bicyclic) bond motifs is 1. The number of benzene rings is 2. The molecule has 0 N–H and O–H groups in total. The molecule has 6 heteroatoms. The lowest BCUT2D eigenvalue weighted by molar-refractivity contribution is 0.0409. The molecule has 1 saturated heterocycles. The monoisotopic (exact) mass is 441 g/mol. The van der Waals surface area contributed by atoms with Crippen LogP contribution < -0.4 is 0 Å². The van der Waals surface area contributed by atoms with Gasteiger partial charge in [0.1, 0.15) is 5.69 Å². The highest BCUT2D eigenvalue weighted by Crippen LogP contribution is 2.30. The van der Waals surface area contributed by atoms with E-state index in [2.05, 4.69) is 19.1 Å². The van der Waals surface area contributed by atoms with Gasteiger partial charge in [-0.05, 0) is 43.7 Å². The number of nitrogens with zero attached hydrogens (tertiary/aromatic N) is 3. The number of hydrogen-bond donors (Lipinski definition) is 0. The SMILES string of the molecule is C[C@H]1CN(C(=O)c2cc3ccoc3n2[C@@H](C)c2ccccc2)CCN1C(=O)c1ccccc1. The van der Waals surface area contributed by atoms with Crippen molar-refractivity contribution in [3.05, 3.63) is 95.9 Å². The van der Waals surface area contributed by atoms with Crippen LogP contribution in [0.3, 0.4) is 0 Å². The van der Waals surface area contributed by atoms with E-state index in [1.807, 2.05) is 82.0 Å². The molecule has 0 aliphatic carbocycles. The van der Waals surface area contributed by atoms with Gasteiger partial charge in [0.2, 0.25) is 5.71 Å². The van der Waals surface area contributed by atoms with Crippen molar-refractivity contribution in [2.24, 2.45) is 0 Å². The highest BCUT2D eigenvalue weighted by Gasteiger charge is 2.33. The molecule has 1 fully saturated rings. The van der Waals surface area contributed by atoms with E-state index in [1.54, 1.807) is 6.26 Å². The predicted octanol–water partition coefficient (Wildman–Crippen LogP) is 4.83. The zero-order valence-corrected chi connectivity index (χ0v) is 18.8. The number of hydrogen-bond acceptors (Lipinski definition) is 3. The minimum absolute atomic E-state index is 0.00814. The van der Waals surface area contributed by atoms with Gasteiger partial charge in [0, 0.05) is 36.6 Å². The molecule has 4 aromatic rings. The van der Waals surface area contributed by atoms with Crippen LogP contribution in [0.5, 0.6) is 0 Å². The van der Waals surface area contributed by atoms with Gasteiger partial charge >= 0.3 is 0 Å². The summed E-state index contributed by atoms with van der Waals surface area (Å²) in [7, 11) is 0. The average molecular weight is 442 g/mol. The Morgan fingerprint density at radius 3 is 2.33 bits per heavy atom. The van der Waals surface area contributed by atoms with Gasteiger partial charge in [0.05, 0.1) is 12.3 Å². The summed E-state index contributed by atoms with van der Waals surface area (Å²) in [4.78, 5) is 30.3. The normalized spacial score (nSPS) is 17.3. The molecule has 2 atom stereocenters. The van der Waals surface area contributed by atoms with E-state index in [0.29, 0.717) is 36.6 Å². The molecule has 2 amide bonds. The third-order valence-electron chi connectivity index (χ3n) is 6.53. The maximum Gasteiger partial charge on any atom is 0.270 e. The van der Waals surface area contributed by atoms with Gasteiger partial charge in [0.25, 0.3) is 11.8 Å². The molecule has 0 spiro atoms. The minimum Gasteiger partial charge on any atom is -0.448 e. The molecule has 1 aliphatic heterocycles. The second kappa shape index (κ2) is 8.62. The van der Waals surface area contributed by atoms with E-state index in [-0.39, 0.29) is 23.9 Å². The fourth-order valence-corrected chi connectivity index (χ4v) is 4.73. The summed E-state index contributed by atoms with van der Waals surface area (Å²) in [6.07, 6.45) is 1.66.